The van der Waals surface area contributed by atoms with Gasteiger partial charge in [0.15, 0.2) is 0 Å². The van der Waals surface area contributed by atoms with Crippen LogP contribution in [0.25, 0.3) is 11.3 Å². The number of rotatable bonds is 8. The van der Waals surface area contributed by atoms with Crippen molar-refractivity contribution in [2.24, 2.45) is 0 Å². The molecule has 8 heteroatoms. The standard InChI is InChI=1S/C16H16F3N3O2/c1-22(4-5-24-10-23)9-12-7-20-8-15(21-12)11-2-3-14(17)13(6-11)16(18)19/h2-3,6-8,10,16H,4-5,9H2,1H3. The molecule has 0 atom stereocenters. The summed E-state index contributed by atoms with van der Waals surface area (Å²) in [6, 6.07) is 3.46. The van der Waals surface area contributed by atoms with E-state index in [4.69, 9.17) is 0 Å². The molecule has 0 saturated carbocycles. The predicted octanol–water partition coefficient (Wildman–Crippen LogP) is 2.83. The number of halogens is 3. The molecular weight excluding hydrogens is 323 g/mol. The van der Waals surface area contributed by atoms with Gasteiger partial charge in [0.1, 0.15) is 12.4 Å². The van der Waals surface area contributed by atoms with Crippen LogP contribution in [0.4, 0.5) is 13.2 Å². The Balaban J connectivity index is 2.15. The summed E-state index contributed by atoms with van der Waals surface area (Å²) >= 11 is 0. The predicted molar refractivity (Wildman–Crippen MR) is 80.7 cm³/mol. The van der Waals surface area contributed by atoms with Gasteiger partial charge in [-0.3, -0.25) is 14.7 Å². The minimum absolute atomic E-state index is 0.253. The highest BCUT2D eigenvalue weighted by Gasteiger charge is 2.15. The maximum absolute atomic E-state index is 13.4. The van der Waals surface area contributed by atoms with Crippen LogP contribution >= 0.6 is 0 Å². The van der Waals surface area contributed by atoms with E-state index in [-0.39, 0.29) is 6.61 Å². The van der Waals surface area contributed by atoms with Crippen LogP contribution in [0, 0.1) is 5.82 Å². The smallest absolute Gasteiger partial charge is 0.293 e. The van der Waals surface area contributed by atoms with Crippen LogP contribution in [0.15, 0.2) is 30.6 Å². The summed E-state index contributed by atoms with van der Waals surface area (Å²) in [5, 5.41) is 0. The number of ether oxygens (including phenoxy) is 1. The molecule has 0 saturated heterocycles. The zero-order valence-corrected chi connectivity index (χ0v) is 13.0. The maximum atomic E-state index is 13.4. The lowest BCUT2D eigenvalue weighted by Crippen LogP contribution is -2.23. The second kappa shape index (κ2) is 8.39. The molecule has 128 valence electrons. The monoisotopic (exact) mass is 339 g/mol. The third-order valence-electron chi connectivity index (χ3n) is 3.30. The Kier molecular flexibility index (Phi) is 6.25. The molecule has 0 unspecified atom stereocenters. The second-order valence-electron chi connectivity index (χ2n) is 5.14. The zero-order valence-electron chi connectivity index (χ0n) is 13.0. The third-order valence-corrected chi connectivity index (χ3v) is 3.30. The highest BCUT2D eigenvalue weighted by molar-refractivity contribution is 5.59. The number of carbonyl (C=O) groups excluding carboxylic acids is 1. The molecular formula is C16H16F3N3O2. The molecule has 1 aromatic carbocycles. The topological polar surface area (TPSA) is 55.3 Å². The maximum Gasteiger partial charge on any atom is 0.293 e. The van der Waals surface area contributed by atoms with Crippen molar-refractivity contribution in [3.8, 4) is 11.3 Å². The van der Waals surface area contributed by atoms with Crippen LogP contribution in [0.1, 0.15) is 17.7 Å². The Morgan fingerprint density at radius 1 is 1.33 bits per heavy atom. The molecule has 0 N–H and O–H groups in total. The Hall–Kier alpha value is -2.48. The second-order valence-corrected chi connectivity index (χ2v) is 5.14. The van der Waals surface area contributed by atoms with Crippen LogP contribution in [-0.4, -0.2) is 41.5 Å². The van der Waals surface area contributed by atoms with Crippen LogP contribution in [0.3, 0.4) is 0 Å². The molecule has 1 aromatic heterocycles. The van der Waals surface area contributed by atoms with Gasteiger partial charge in [-0.1, -0.05) is 0 Å². The Morgan fingerprint density at radius 2 is 2.12 bits per heavy atom. The fourth-order valence-corrected chi connectivity index (χ4v) is 2.10. The van der Waals surface area contributed by atoms with Gasteiger partial charge in [-0.25, -0.2) is 18.2 Å². The van der Waals surface area contributed by atoms with E-state index in [2.05, 4.69) is 14.7 Å². The van der Waals surface area contributed by atoms with Gasteiger partial charge in [0.2, 0.25) is 0 Å². The molecule has 1 heterocycles. The Labute approximate surface area is 137 Å². The first-order valence-electron chi connectivity index (χ1n) is 7.14. The van der Waals surface area contributed by atoms with Crippen molar-refractivity contribution in [2.45, 2.75) is 13.0 Å². The average Bonchev–Trinajstić information content (AvgIpc) is 2.55. The molecule has 0 fully saturated rings. The molecule has 2 rings (SSSR count). The fourth-order valence-electron chi connectivity index (χ4n) is 2.10. The van der Waals surface area contributed by atoms with Crippen molar-refractivity contribution in [1.29, 1.82) is 0 Å². The van der Waals surface area contributed by atoms with E-state index in [1.807, 2.05) is 11.9 Å². The molecule has 0 bridgehead atoms. The van der Waals surface area contributed by atoms with E-state index < -0.39 is 17.8 Å². The fraction of sp³-hybridized carbons (Fsp3) is 0.312. The molecule has 0 spiro atoms. The van der Waals surface area contributed by atoms with Crippen molar-refractivity contribution >= 4 is 6.47 Å². The van der Waals surface area contributed by atoms with Gasteiger partial charge in [-0.05, 0) is 25.2 Å². The molecule has 0 aliphatic heterocycles. The number of likely N-dealkylation sites (N-methyl/N-ethyl adjacent to an activating group) is 1. The molecule has 0 amide bonds. The zero-order chi connectivity index (χ0) is 17.5. The summed E-state index contributed by atoms with van der Waals surface area (Å²) in [6.45, 7) is 1.58. The van der Waals surface area contributed by atoms with Gasteiger partial charge in [-0.2, -0.15) is 0 Å². The number of hydrogen-bond donors (Lipinski definition) is 0. The number of aromatic nitrogens is 2. The summed E-state index contributed by atoms with van der Waals surface area (Å²) in [7, 11) is 1.81. The normalized spacial score (nSPS) is 11.1. The van der Waals surface area contributed by atoms with E-state index in [0.717, 1.165) is 12.1 Å². The quantitative estimate of drug-likeness (QED) is 0.547. The summed E-state index contributed by atoms with van der Waals surface area (Å²) in [5.41, 5.74) is 0.701. The lowest BCUT2D eigenvalue weighted by atomic mass is 10.1. The SMILES string of the molecule is CN(CCOC=O)Cc1cncc(-c2ccc(F)c(C(F)F)c2)n1. The van der Waals surface area contributed by atoms with Gasteiger partial charge in [0.05, 0.1) is 23.1 Å². The lowest BCUT2D eigenvalue weighted by molar-refractivity contribution is -0.129. The summed E-state index contributed by atoms with van der Waals surface area (Å²) in [5.74, 6) is -0.951. The highest BCUT2D eigenvalue weighted by atomic mass is 19.3. The van der Waals surface area contributed by atoms with Gasteiger partial charge in [0, 0.05) is 24.8 Å². The van der Waals surface area contributed by atoms with Crippen molar-refractivity contribution in [3.63, 3.8) is 0 Å². The Bertz CT molecular complexity index is 698. The molecule has 5 nitrogen and oxygen atoms in total. The largest absolute Gasteiger partial charge is 0.467 e. The molecule has 0 aliphatic rings. The summed E-state index contributed by atoms with van der Waals surface area (Å²) in [4.78, 5) is 20.4. The van der Waals surface area contributed by atoms with Gasteiger partial charge < -0.3 is 4.74 Å². The molecule has 0 radical (unpaired) electrons. The van der Waals surface area contributed by atoms with Gasteiger partial charge >= 0.3 is 0 Å². The first-order chi connectivity index (χ1) is 11.5. The minimum Gasteiger partial charge on any atom is -0.467 e. The van der Waals surface area contributed by atoms with E-state index >= 15 is 0 Å². The van der Waals surface area contributed by atoms with E-state index in [1.54, 1.807) is 6.20 Å². The van der Waals surface area contributed by atoms with E-state index in [9.17, 15) is 18.0 Å². The van der Waals surface area contributed by atoms with Crippen molar-refractivity contribution in [1.82, 2.24) is 14.9 Å². The van der Waals surface area contributed by atoms with Crippen molar-refractivity contribution in [2.75, 3.05) is 20.2 Å². The van der Waals surface area contributed by atoms with Crippen LogP contribution in [0.5, 0.6) is 0 Å². The van der Waals surface area contributed by atoms with Gasteiger partial charge in [0.25, 0.3) is 12.9 Å². The van der Waals surface area contributed by atoms with Crippen LogP contribution in [0.2, 0.25) is 0 Å². The molecule has 24 heavy (non-hydrogen) atoms. The highest BCUT2D eigenvalue weighted by Crippen LogP contribution is 2.27. The molecule has 0 aliphatic carbocycles. The number of carbonyl (C=O) groups is 1. The summed E-state index contributed by atoms with van der Waals surface area (Å²) in [6.07, 6.45) is 0.0876. The number of alkyl halides is 2. The number of nitrogens with zero attached hydrogens (tertiary/aromatic N) is 3. The van der Waals surface area contributed by atoms with Gasteiger partial charge in [-0.15, -0.1) is 0 Å². The first kappa shape index (κ1) is 17.9. The minimum atomic E-state index is -2.90. The lowest BCUT2D eigenvalue weighted by Gasteiger charge is -2.15. The Morgan fingerprint density at radius 3 is 2.83 bits per heavy atom. The van der Waals surface area contributed by atoms with Crippen LogP contribution < -0.4 is 0 Å². The van der Waals surface area contributed by atoms with E-state index in [1.165, 1.54) is 12.3 Å². The van der Waals surface area contributed by atoms with E-state index in [0.29, 0.717) is 36.5 Å². The summed E-state index contributed by atoms with van der Waals surface area (Å²) < 4.78 is 43.6. The first-order valence-corrected chi connectivity index (χ1v) is 7.14. The molecule has 2 aromatic rings. The number of benzene rings is 1. The van der Waals surface area contributed by atoms with Crippen LogP contribution in [-0.2, 0) is 16.1 Å². The average molecular weight is 339 g/mol. The third kappa shape index (κ3) is 4.76. The van der Waals surface area contributed by atoms with Crippen molar-refractivity contribution in [3.05, 3.63) is 47.7 Å². The number of hydrogen-bond acceptors (Lipinski definition) is 5. The van der Waals surface area contributed by atoms with Crippen molar-refractivity contribution < 1.29 is 22.7 Å².